The van der Waals surface area contributed by atoms with Crippen LogP contribution in [0.4, 0.5) is 8.78 Å². The molecule has 28 heavy (non-hydrogen) atoms. The standard InChI is InChI=1S/C18H16F2N6O2/c1-25-10-11(9-21-25)17-23-22-16-7-6-15(24-26(16)17)18(19,20)13-8-12(27-2)4-5-14(13)28-3/h4-10H,1-3H3. The Morgan fingerprint density at radius 3 is 2.54 bits per heavy atom. The molecule has 0 atom stereocenters. The fraction of sp³-hybridized carbons (Fsp3) is 0.222. The van der Waals surface area contributed by atoms with Crippen LogP contribution >= 0.6 is 0 Å². The highest BCUT2D eigenvalue weighted by Gasteiger charge is 2.40. The average Bonchev–Trinajstić information content (AvgIpc) is 3.32. The number of rotatable bonds is 5. The quantitative estimate of drug-likeness (QED) is 0.525. The topological polar surface area (TPSA) is 79.4 Å². The zero-order valence-corrected chi connectivity index (χ0v) is 15.3. The molecule has 4 rings (SSSR count). The largest absolute Gasteiger partial charge is 0.497 e. The lowest BCUT2D eigenvalue weighted by Gasteiger charge is -2.19. The van der Waals surface area contributed by atoms with Gasteiger partial charge in [0.1, 0.15) is 17.2 Å². The van der Waals surface area contributed by atoms with Gasteiger partial charge in [-0.3, -0.25) is 4.68 Å². The molecule has 0 aliphatic heterocycles. The summed E-state index contributed by atoms with van der Waals surface area (Å²) in [5.74, 6) is -2.80. The van der Waals surface area contributed by atoms with Crippen LogP contribution in [0.5, 0.6) is 11.5 Å². The Labute approximate surface area is 158 Å². The monoisotopic (exact) mass is 386 g/mol. The maximum atomic E-state index is 15.4. The molecule has 0 saturated heterocycles. The third-order valence-corrected chi connectivity index (χ3v) is 4.29. The van der Waals surface area contributed by atoms with Crippen LogP contribution in [0, 0.1) is 0 Å². The van der Waals surface area contributed by atoms with E-state index in [0.717, 1.165) is 0 Å². The Hall–Kier alpha value is -3.56. The van der Waals surface area contributed by atoms with Crippen molar-refractivity contribution in [2.24, 2.45) is 7.05 Å². The summed E-state index contributed by atoms with van der Waals surface area (Å²) in [6.07, 6.45) is 3.27. The second-order valence-electron chi connectivity index (χ2n) is 6.06. The minimum Gasteiger partial charge on any atom is -0.497 e. The molecule has 0 aliphatic rings. The van der Waals surface area contributed by atoms with Crippen molar-refractivity contribution in [1.82, 2.24) is 29.6 Å². The molecule has 0 spiro atoms. The highest BCUT2D eigenvalue weighted by Crippen LogP contribution is 2.41. The van der Waals surface area contributed by atoms with E-state index in [1.807, 2.05) is 0 Å². The molecular weight excluding hydrogens is 370 g/mol. The number of ether oxygens (including phenoxy) is 2. The van der Waals surface area contributed by atoms with E-state index >= 15 is 8.78 Å². The molecule has 0 amide bonds. The normalized spacial score (nSPS) is 11.8. The summed E-state index contributed by atoms with van der Waals surface area (Å²) < 4.78 is 43.8. The van der Waals surface area contributed by atoms with E-state index in [1.165, 1.54) is 43.0 Å². The molecule has 0 bridgehead atoms. The third-order valence-electron chi connectivity index (χ3n) is 4.29. The zero-order chi connectivity index (χ0) is 19.9. The lowest BCUT2D eigenvalue weighted by molar-refractivity contribution is 0.0340. The van der Waals surface area contributed by atoms with Gasteiger partial charge in [0.2, 0.25) is 0 Å². The number of hydrogen-bond acceptors (Lipinski definition) is 6. The van der Waals surface area contributed by atoms with E-state index in [9.17, 15) is 0 Å². The summed E-state index contributed by atoms with van der Waals surface area (Å²) in [5.41, 5.74) is 0.131. The van der Waals surface area contributed by atoms with Crippen LogP contribution in [0.3, 0.4) is 0 Å². The molecule has 1 aromatic carbocycles. The predicted octanol–water partition coefficient (Wildman–Crippen LogP) is 2.68. The predicted molar refractivity (Wildman–Crippen MR) is 95.5 cm³/mol. The number of benzene rings is 1. The summed E-state index contributed by atoms with van der Waals surface area (Å²) in [5, 5.41) is 16.2. The van der Waals surface area contributed by atoms with Gasteiger partial charge in [-0.1, -0.05) is 0 Å². The fourth-order valence-electron chi connectivity index (χ4n) is 2.87. The summed E-state index contributed by atoms with van der Waals surface area (Å²) in [7, 11) is 4.48. The molecule has 0 saturated carbocycles. The first-order valence-electron chi connectivity index (χ1n) is 8.26. The van der Waals surface area contributed by atoms with Crippen LogP contribution in [-0.2, 0) is 13.0 Å². The number of aryl methyl sites for hydroxylation is 1. The number of hydrogen-bond donors (Lipinski definition) is 0. The number of nitrogens with zero attached hydrogens (tertiary/aromatic N) is 6. The number of fused-ring (bicyclic) bond motifs is 1. The van der Waals surface area contributed by atoms with Gasteiger partial charge in [0, 0.05) is 13.2 Å². The highest BCUT2D eigenvalue weighted by molar-refractivity contribution is 5.57. The zero-order valence-electron chi connectivity index (χ0n) is 15.3. The first-order chi connectivity index (χ1) is 13.4. The Bertz CT molecular complexity index is 1150. The van der Waals surface area contributed by atoms with Gasteiger partial charge in [-0.05, 0) is 30.3 Å². The molecule has 0 fully saturated rings. The van der Waals surface area contributed by atoms with E-state index in [1.54, 1.807) is 30.2 Å². The van der Waals surface area contributed by atoms with Crippen LogP contribution in [0.1, 0.15) is 11.3 Å². The van der Waals surface area contributed by atoms with Crippen LogP contribution < -0.4 is 9.47 Å². The number of halogens is 2. The first kappa shape index (κ1) is 17.8. The molecule has 8 nitrogen and oxygen atoms in total. The van der Waals surface area contributed by atoms with Crippen molar-refractivity contribution in [2.75, 3.05) is 14.2 Å². The van der Waals surface area contributed by atoms with Crippen molar-refractivity contribution in [3.63, 3.8) is 0 Å². The van der Waals surface area contributed by atoms with Crippen LogP contribution in [-0.4, -0.2) is 43.8 Å². The molecule has 0 radical (unpaired) electrons. The van der Waals surface area contributed by atoms with Crippen molar-refractivity contribution in [1.29, 1.82) is 0 Å². The summed E-state index contributed by atoms with van der Waals surface area (Å²) in [6.45, 7) is 0. The summed E-state index contributed by atoms with van der Waals surface area (Å²) >= 11 is 0. The Balaban J connectivity index is 1.86. The van der Waals surface area contributed by atoms with E-state index in [-0.39, 0.29) is 17.1 Å². The van der Waals surface area contributed by atoms with Crippen molar-refractivity contribution < 1.29 is 18.3 Å². The molecule has 0 unspecified atom stereocenters. The Morgan fingerprint density at radius 2 is 1.86 bits per heavy atom. The van der Waals surface area contributed by atoms with E-state index in [2.05, 4.69) is 20.4 Å². The highest BCUT2D eigenvalue weighted by atomic mass is 19.3. The molecule has 3 heterocycles. The second kappa shape index (κ2) is 6.55. The lowest BCUT2D eigenvalue weighted by atomic mass is 10.0. The van der Waals surface area contributed by atoms with Gasteiger partial charge in [-0.2, -0.15) is 23.5 Å². The van der Waals surface area contributed by atoms with Gasteiger partial charge in [0.25, 0.3) is 0 Å². The van der Waals surface area contributed by atoms with Crippen molar-refractivity contribution >= 4 is 5.65 Å². The average molecular weight is 386 g/mol. The fourth-order valence-corrected chi connectivity index (χ4v) is 2.87. The van der Waals surface area contributed by atoms with Gasteiger partial charge in [-0.15, -0.1) is 10.2 Å². The molecule has 4 aromatic rings. The second-order valence-corrected chi connectivity index (χ2v) is 6.06. The van der Waals surface area contributed by atoms with Gasteiger partial charge in [0.15, 0.2) is 11.5 Å². The van der Waals surface area contributed by atoms with Crippen molar-refractivity contribution in [3.05, 3.63) is 54.0 Å². The van der Waals surface area contributed by atoms with Gasteiger partial charge in [0.05, 0.1) is 31.5 Å². The lowest BCUT2D eigenvalue weighted by Crippen LogP contribution is -2.20. The van der Waals surface area contributed by atoms with Crippen LogP contribution in [0.25, 0.3) is 17.0 Å². The molecule has 3 aromatic heterocycles. The molecule has 0 aliphatic carbocycles. The van der Waals surface area contributed by atoms with Gasteiger partial charge >= 0.3 is 5.92 Å². The van der Waals surface area contributed by atoms with E-state index in [0.29, 0.717) is 17.0 Å². The molecule has 0 N–H and O–H groups in total. The number of methoxy groups -OCH3 is 2. The maximum Gasteiger partial charge on any atom is 0.320 e. The third kappa shape index (κ3) is 2.82. The summed E-state index contributed by atoms with van der Waals surface area (Å²) in [4.78, 5) is 0. The maximum absolute atomic E-state index is 15.4. The SMILES string of the molecule is COc1ccc(OC)c(C(F)(F)c2ccc3nnc(-c4cnn(C)c4)n3n2)c1. The van der Waals surface area contributed by atoms with Gasteiger partial charge in [-0.25, -0.2) is 0 Å². The van der Waals surface area contributed by atoms with E-state index < -0.39 is 11.6 Å². The minimum atomic E-state index is -3.44. The first-order valence-corrected chi connectivity index (χ1v) is 8.26. The van der Waals surface area contributed by atoms with Crippen LogP contribution in [0.2, 0.25) is 0 Å². The minimum absolute atomic E-state index is 0.0314. The van der Waals surface area contributed by atoms with Crippen LogP contribution in [0.15, 0.2) is 42.7 Å². The van der Waals surface area contributed by atoms with Gasteiger partial charge < -0.3 is 9.47 Å². The Morgan fingerprint density at radius 1 is 1.04 bits per heavy atom. The number of alkyl halides is 2. The Kier molecular flexibility index (Phi) is 4.17. The van der Waals surface area contributed by atoms with Crippen molar-refractivity contribution in [3.8, 4) is 22.9 Å². The molecular formula is C18H16F2N6O2. The summed E-state index contributed by atoms with van der Waals surface area (Å²) in [6, 6.07) is 6.88. The smallest absolute Gasteiger partial charge is 0.320 e. The van der Waals surface area contributed by atoms with Crippen molar-refractivity contribution in [2.45, 2.75) is 5.92 Å². The molecule has 10 heteroatoms. The number of aromatic nitrogens is 6. The van der Waals surface area contributed by atoms with E-state index in [4.69, 9.17) is 9.47 Å². The molecule has 144 valence electrons.